The number of hydrogen-bond donors (Lipinski definition) is 0. The number of imidazole rings is 1. The van der Waals surface area contributed by atoms with E-state index in [2.05, 4.69) is 15.2 Å². The van der Waals surface area contributed by atoms with E-state index < -0.39 is 4.92 Å². The molecule has 0 saturated carbocycles. The van der Waals surface area contributed by atoms with E-state index in [1.807, 2.05) is 6.07 Å². The van der Waals surface area contributed by atoms with Crippen molar-refractivity contribution in [2.45, 2.75) is 16.6 Å². The fraction of sp³-hybridized carbons (Fsp3) is 0.143. The van der Waals surface area contributed by atoms with Crippen molar-refractivity contribution in [3.63, 3.8) is 0 Å². The van der Waals surface area contributed by atoms with Crippen molar-refractivity contribution in [3.05, 3.63) is 56.3 Å². The minimum atomic E-state index is -0.534. The summed E-state index contributed by atoms with van der Waals surface area (Å²) < 4.78 is 3.29. The second-order valence-corrected chi connectivity index (χ2v) is 6.79. The molecular formula is C14H9Cl2N7O2S. The molecule has 0 amide bonds. The summed E-state index contributed by atoms with van der Waals surface area (Å²) in [5.74, 6) is 0.569. The normalized spacial score (nSPS) is 10.7. The lowest BCUT2D eigenvalue weighted by Crippen LogP contribution is -2.06. The van der Waals surface area contributed by atoms with Gasteiger partial charge < -0.3 is 9.13 Å². The first-order chi connectivity index (χ1) is 12.4. The van der Waals surface area contributed by atoms with Gasteiger partial charge in [0, 0.05) is 13.1 Å². The Hall–Kier alpha value is -2.61. The molecule has 0 saturated heterocycles. The second kappa shape index (κ2) is 7.33. The highest BCUT2D eigenvalue weighted by Crippen LogP contribution is 2.34. The third kappa shape index (κ3) is 3.50. The largest absolute Gasteiger partial charge is 0.313 e. The van der Waals surface area contributed by atoms with E-state index in [0.717, 1.165) is 11.8 Å². The van der Waals surface area contributed by atoms with Crippen LogP contribution in [-0.4, -0.2) is 29.2 Å². The highest BCUT2D eigenvalue weighted by atomic mass is 35.5. The molecule has 3 aromatic rings. The van der Waals surface area contributed by atoms with E-state index in [1.54, 1.807) is 16.2 Å². The van der Waals surface area contributed by atoms with E-state index >= 15 is 0 Å². The van der Waals surface area contributed by atoms with Crippen LogP contribution in [0.4, 0.5) is 5.69 Å². The summed E-state index contributed by atoms with van der Waals surface area (Å²) in [6.45, 7) is 0.290. The maximum absolute atomic E-state index is 11.3. The van der Waals surface area contributed by atoms with Gasteiger partial charge in [0.15, 0.2) is 16.1 Å². The van der Waals surface area contributed by atoms with Crippen molar-refractivity contribution in [1.29, 1.82) is 5.26 Å². The fourth-order valence-electron chi connectivity index (χ4n) is 2.09. The summed E-state index contributed by atoms with van der Waals surface area (Å²) in [4.78, 5) is 15.0. The number of nitro groups is 1. The van der Waals surface area contributed by atoms with Crippen molar-refractivity contribution < 1.29 is 4.92 Å². The lowest BCUT2D eigenvalue weighted by molar-refractivity contribution is -0.387. The minimum Gasteiger partial charge on any atom is -0.313 e. The number of aromatic nitrogens is 5. The summed E-state index contributed by atoms with van der Waals surface area (Å²) in [7, 11) is 1.74. The van der Waals surface area contributed by atoms with Crippen LogP contribution in [0, 0.1) is 21.4 Å². The van der Waals surface area contributed by atoms with E-state index in [0.29, 0.717) is 15.9 Å². The predicted octanol–water partition coefficient (Wildman–Crippen LogP) is 3.30. The van der Waals surface area contributed by atoms with Crippen molar-refractivity contribution in [1.82, 2.24) is 24.3 Å². The second-order valence-electron chi connectivity index (χ2n) is 5.07. The molecule has 0 bridgehead atoms. The number of rotatable bonds is 5. The molecule has 0 fully saturated rings. The van der Waals surface area contributed by atoms with Crippen molar-refractivity contribution in [3.8, 4) is 6.07 Å². The minimum absolute atomic E-state index is 0.164. The SMILES string of the molecule is Cn1c(Cn2cnc(Cl)c2Cl)nnc1Sc1ccc(C#N)cc1[N+](=O)[O-]. The van der Waals surface area contributed by atoms with Gasteiger partial charge in [-0.15, -0.1) is 10.2 Å². The van der Waals surface area contributed by atoms with Gasteiger partial charge in [-0.25, -0.2) is 4.98 Å². The first-order valence-corrected chi connectivity index (χ1v) is 8.58. The molecule has 0 aliphatic heterocycles. The van der Waals surface area contributed by atoms with E-state index in [1.165, 1.54) is 24.5 Å². The van der Waals surface area contributed by atoms with Gasteiger partial charge >= 0.3 is 0 Å². The van der Waals surface area contributed by atoms with E-state index in [4.69, 9.17) is 28.5 Å². The van der Waals surface area contributed by atoms with Crippen molar-refractivity contribution in [2.75, 3.05) is 0 Å². The van der Waals surface area contributed by atoms with Crippen LogP contribution in [0.5, 0.6) is 0 Å². The Labute approximate surface area is 161 Å². The van der Waals surface area contributed by atoms with E-state index in [9.17, 15) is 10.1 Å². The number of benzene rings is 1. The Kier molecular flexibility index (Phi) is 5.13. The van der Waals surface area contributed by atoms with Crippen LogP contribution in [0.15, 0.2) is 34.6 Å². The predicted molar refractivity (Wildman–Crippen MR) is 94.3 cm³/mol. The lowest BCUT2D eigenvalue weighted by atomic mass is 10.2. The van der Waals surface area contributed by atoms with Crippen LogP contribution >= 0.6 is 35.0 Å². The Morgan fingerprint density at radius 3 is 2.77 bits per heavy atom. The quantitative estimate of drug-likeness (QED) is 0.468. The molecule has 1 aromatic carbocycles. The average molecular weight is 410 g/mol. The average Bonchev–Trinajstić information content (AvgIpc) is 3.13. The molecule has 0 radical (unpaired) electrons. The molecule has 3 rings (SSSR count). The standard InChI is InChI=1S/C14H9Cl2N7O2S/c1-21-11(6-22-7-18-12(15)13(22)16)19-20-14(21)26-10-3-2-8(5-17)4-9(10)23(24)25/h2-4,7H,6H2,1H3. The molecule has 9 nitrogen and oxygen atoms in total. The molecule has 2 heterocycles. The fourth-order valence-corrected chi connectivity index (χ4v) is 3.29. The summed E-state index contributed by atoms with van der Waals surface area (Å²) >= 11 is 12.9. The van der Waals surface area contributed by atoms with Gasteiger partial charge in [-0.2, -0.15) is 5.26 Å². The van der Waals surface area contributed by atoms with Gasteiger partial charge in [0.05, 0.1) is 34.3 Å². The molecule has 0 spiro atoms. The van der Waals surface area contributed by atoms with Gasteiger partial charge in [0.2, 0.25) is 0 Å². The third-order valence-electron chi connectivity index (χ3n) is 3.46. The summed E-state index contributed by atoms with van der Waals surface area (Å²) in [5, 5.41) is 29.2. The Morgan fingerprint density at radius 2 is 2.15 bits per heavy atom. The maximum Gasteiger partial charge on any atom is 0.284 e. The monoisotopic (exact) mass is 409 g/mol. The van der Waals surface area contributed by atoms with Gasteiger partial charge in [-0.3, -0.25) is 10.1 Å². The molecule has 0 unspecified atom stereocenters. The molecule has 26 heavy (non-hydrogen) atoms. The Morgan fingerprint density at radius 1 is 1.38 bits per heavy atom. The first kappa shape index (κ1) is 18.2. The number of nitriles is 1. The third-order valence-corrected chi connectivity index (χ3v) is 5.33. The van der Waals surface area contributed by atoms with E-state index in [-0.39, 0.29) is 28.1 Å². The zero-order valence-electron chi connectivity index (χ0n) is 13.1. The summed E-state index contributed by atoms with van der Waals surface area (Å²) in [6.07, 6.45) is 1.48. The van der Waals surface area contributed by atoms with Crippen molar-refractivity contribution >= 4 is 40.7 Å². The van der Waals surface area contributed by atoms with Crippen molar-refractivity contribution in [2.24, 2.45) is 7.05 Å². The van der Waals surface area contributed by atoms with Gasteiger partial charge in [0.1, 0.15) is 5.15 Å². The Bertz CT molecular complexity index is 1040. The van der Waals surface area contributed by atoms with Crippen LogP contribution < -0.4 is 0 Å². The highest BCUT2D eigenvalue weighted by Gasteiger charge is 2.19. The molecular weight excluding hydrogens is 401 g/mol. The zero-order chi connectivity index (χ0) is 18.8. The van der Waals surface area contributed by atoms with Crippen LogP contribution in [0.3, 0.4) is 0 Å². The molecule has 0 atom stereocenters. The van der Waals surface area contributed by atoms with Gasteiger partial charge in [-0.1, -0.05) is 23.2 Å². The molecule has 0 aliphatic carbocycles. The Balaban J connectivity index is 1.88. The number of nitro benzene ring substituents is 1. The molecule has 0 aliphatic rings. The number of nitrogens with zero attached hydrogens (tertiary/aromatic N) is 7. The van der Waals surface area contributed by atoms with Crippen LogP contribution in [0.25, 0.3) is 0 Å². The van der Waals surface area contributed by atoms with Gasteiger partial charge in [0.25, 0.3) is 5.69 Å². The van der Waals surface area contributed by atoms with Gasteiger partial charge in [-0.05, 0) is 23.9 Å². The molecule has 12 heteroatoms. The first-order valence-electron chi connectivity index (χ1n) is 7.01. The number of halogens is 2. The molecule has 2 aromatic heterocycles. The molecule has 0 N–H and O–H groups in total. The van der Waals surface area contributed by atoms with Crippen LogP contribution in [-0.2, 0) is 13.6 Å². The zero-order valence-corrected chi connectivity index (χ0v) is 15.5. The lowest BCUT2D eigenvalue weighted by Gasteiger charge is -2.06. The smallest absolute Gasteiger partial charge is 0.284 e. The highest BCUT2D eigenvalue weighted by molar-refractivity contribution is 7.99. The maximum atomic E-state index is 11.3. The molecule has 132 valence electrons. The summed E-state index contributed by atoms with van der Waals surface area (Å²) in [5.41, 5.74) is 0.0503. The van der Waals surface area contributed by atoms with Crippen LogP contribution in [0.2, 0.25) is 10.3 Å². The summed E-state index contributed by atoms with van der Waals surface area (Å²) in [6, 6.07) is 6.14. The number of hydrogen-bond acceptors (Lipinski definition) is 7. The topological polar surface area (TPSA) is 115 Å². The van der Waals surface area contributed by atoms with Crippen LogP contribution in [0.1, 0.15) is 11.4 Å².